The van der Waals surface area contributed by atoms with Crippen molar-refractivity contribution < 1.29 is 14.4 Å². The van der Waals surface area contributed by atoms with E-state index in [4.69, 9.17) is 4.52 Å². The maximum atomic E-state index is 11.9. The van der Waals surface area contributed by atoms with E-state index in [0.717, 1.165) is 38.5 Å². The highest BCUT2D eigenvalue weighted by atomic mass is 16.5. The average molecular weight is 281 g/mol. The second-order valence-electron chi connectivity index (χ2n) is 5.38. The van der Waals surface area contributed by atoms with Gasteiger partial charge >= 0.3 is 0 Å². The molecule has 6 nitrogen and oxygen atoms in total. The van der Waals surface area contributed by atoms with Crippen molar-refractivity contribution in [3.05, 3.63) is 11.7 Å². The molecule has 2 rings (SSSR count). The molecule has 1 amide bonds. The van der Waals surface area contributed by atoms with Crippen molar-refractivity contribution in [1.82, 2.24) is 15.5 Å². The molecular weight excluding hydrogens is 258 g/mol. The van der Waals surface area contributed by atoms with E-state index < -0.39 is 6.10 Å². The van der Waals surface area contributed by atoms with Crippen molar-refractivity contribution in [2.75, 3.05) is 0 Å². The molecule has 1 aromatic heterocycles. The summed E-state index contributed by atoms with van der Waals surface area (Å²) in [6, 6.07) is -0.102. The van der Waals surface area contributed by atoms with Gasteiger partial charge in [-0.05, 0) is 19.3 Å². The molecule has 0 saturated heterocycles. The van der Waals surface area contributed by atoms with Gasteiger partial charge in [0, 0.05) is 19.3 Å². The molecule has 6 heteroatoms. The SMILES string of the molecule is CCCc1noc(CCC(=O)N[C@H]2CCCC[C@@H]2O)n1. The molecule has 2 N–H and O–H groups in total. The number of nitrogens with one attached hydrogen (secondary N) is 1. The van der Waals surface area contributed by atoms with Crippen molar-refractivity contribution in [2.45, 2.75) is 70.4 Å². The topological polar surface area (TPSA) is 88.2 Å². The van der Waals surface area contributed by atoms with Crippen LogP contribution in [0, 0.1) is 0 Å². The number of aryl methyl sites for hydroxylation is 2. The second-order valence-corrected chi connectivity index (χ2v) is 5.38. The fraction of sp³-hybridized carbons (Fsp3) is 0.786. The number of hydrogen-bond acceptors (Lipinski definition) is 5. The third kappa shape index (κ3) is 4.30. The van der Waals surface area contributed by atoms with Gasteiger partial charge in [-0.3, -0.25) is 4.79 Å². The highest BCUT2D eigenvalue weighted by molar-refractivity contribution is 5.76. The zero-order chi connectivity index (χ0) is 14.4. The summed E-state index contributed by atoms with van der Waals surface area (Å²) in [5.74, 6) is 1.14. The summed E-state index contributed by atoms with van der Waals surface area (Å²) >= 11 is 0. The summed E-state index contributed by atoms with van der Waals surface area (Å²) in [6.07, 6.45) is 5.85. The van der Waals surface area contributed by atoms with E-state index in [1.54, 1.807) is 0 Å². The molecule has 1 saturated carbocycles. The number of aliphatic hydroxyl groups excluding tert-OH is 1. The van der Waals surface area contributed by atoms with Crippen LogP contribution >= 0.6 is 0 Å². The van der Waals surface area contributed by atoms with Crippen LogP contribution in [0.1, 0.15) is 57.2 Å². The minimum Gasteiger partial charge on any atom is -0.391 e. The monoisotopic (exact) mass is 281 g/mol. The van der Waals surface area contributed by atoms with Crippen molar-refractivity contribution in [2.24, 2.45) is 0 Å². The maximum absolute atomic E-state index is 11.9. The van der Waals surface area contributed by atoms with Crippen LogP contribution in [0.3, 0.4) is 0 Å². The Morgan fingerprint density at radius 3 is 2.95 bits per heavy atom. The first-order chi connectivity index (χ1) is 9.69. The molecule has 1 aromatic rings. The molecule has 0 unspecified atom stereocenters. The third-order valence-electron chi connectivity index (χ3n) is 3.63. The standard InChI is InChI=1S/C14H23N3O3/c1-2-5-12-16-14(20-17-12)9-8-13(19)15-10-6-3-4-7-11(10)18/h10-11,18H,2-9H2,1H3,(H,15,19)/t10-,11-/m0/s1. The molecule has 0 spiro atoms. The lowest BCUT2D eigenvalue weighted by Gasteiger charge is -2.28. The van der Waals surface area contributed by atoms with Crippen LogP contribution in [0.2, 0.25) is 0 Å². The number of hydrogen-bond donors (Lipinski definition) is 2. The highest BCUT2D eigenvalue weighted by Gasteiger charge is 2.24. The van der Waals surface area contributed by atoms with Crippen LogP contribution in [0.4, 0.5) is 0 Å². The zero-order valence-electron chi connectivity index (χ0n) is 12.0. The summed E-state index contributed by atoms with van der Waals surface area (Å²) in [5.41, 5.74) is 0. The van der Waals surface area contributed by atoms with Gasteiger partial charge < -0.3 is 14.9 Å². The summed E-state index contributed by atoms with van der Waals surface area (Å²) in [5, 5.41) is 16.6. The normalized spacial score (nSPS) is 22.7. The molecule has 112 valence electrons. The van der Waals surface area contributed by atoms with E-state index in [1.165, 1.54) is 0 Å². The summed E-state index contributed by atoms with van der Waals surface area (Å²) < 4.78 is 5.09. The van der Waals surface area contributed by atoms with Crippen molar-refractivity contribution in [3.8, 4) is 0 Å². The van der Waals surface area contributed by atoms with Crippen LogP contribution in [0.15, 0.2) is 4.52 Å². The van der Waals surface area contributed by atoms with E-state index in [9.17, 15) is 9.90 Å². The quantitative estimate of drug-likeness (QED) is 0.822. The van der Waals surface area contributed by atoms with Crippen molar-refractivity contribution >= 4 is 5.91 Å². The predicted molar refractivity (Wildman–Crippen MR) is 73.0 cm³/mol. The predicted octanol–water partition coefficient (Wildman–Crippen LogP) is 1.37. The molecule has 0 aliphatic heterocycles. The van der Waals surface area contributed by atoms with Crippen LogP contribution in [0.25, 0.3) is 0 Å². The number of aliphatic hydroxyl groups is 1. The molecule has 20 heavy (non-hydrogen) atoms. The van der Waals surface area contributed by atoms with Crippen LogP contribution in [-0.2, 0) is 17.6 Å². The largest absolute Gasteiger partial charge is 0.391 e. The lowest BCUT2D eigenvalue weighted by molar-refractivity contribution is -0.123. The molecule has 1 heterocycles. The second kappa shape index (κ2) is 7.38. The summed E-state index contributed by atoms with van der Waals surface area (Å²) in [4.78, 5) is 16.1. The number of carbonyl (C=O) groups is 1. The Balaban J connectivity index is 1.73. The number of aromatic nitrogens is 2. The smallest absolute Gasteiger partial charge is 0.227 e. The molecule has 0 aromatic carbocycles. The molecular formula is C14H23N3O3. The van der Waals surface area contributed by atoms with Crippen LogP contribution in [-0.4, -0.2) is 33.3 Å². The van der Waals surface area contributed by atoms with Gasteiger partial charge in [0.05, 0.1) is 12.1 Å². The molecule has 0 bridgehead atoms. The Kier molecular flexibility index (Phi) is 5.52. The average Bonchev–Trinajstić information content (AvgIpc) is 2.87. The first-order valence-corrected chi connectivity index (χ1v) is 7.48. The van der Waals surface area contributed by atoms with E-state index in [0.29, 0.717) is 24.6 Å². The number of rotatable bonds is 6. The Hall–Kier alpha value is -1.43. The van der Waals surface area contributed by atoms with Crippen molar-refractivity contribution in [3.63, 3.8) is 0 Å². The van der Waals surface area contributed by atoms with E-state index in [2.05, 4.69) is 22.4 Å². The van der Waals surface area contributed by atoms with Crippen LogP contribution < -0.4 is 5.32 Å². The third-order valence-corrected chi connectivity index (χ3v) is 3.63. The van der Waals surface area contributed by atoms with Gasteiger partial charge in [-0.25, -0.2) is 0 Å². The summed E-state index contributed by atoms with van der Waals surface area (Å²) in [6.45, 7) is 2.05. The van der Waals surface area contributed by atoms with Crippen LogP contribution in [0.5, 0.6) is 0 Å². The Labute approximate surface area is 118 Å². The number of amides is 1. The highest BCUT2D eigenvalue weighted by Crippen LogP contribution is 2.18. The lowest BCUT2D eigenvalue weighted by Crippen LogP contribution is -2.45. The van der Waals surface area contributed by atoms with Gasteiger partial charge in [0.1, 0.15) is 0 Å². The van der Waals surface area contributed by atoms with Crippen molar-refractivity contribution in [1.29, 1.82) is 0 Å². The fourth-order valence-corrected chi connectivity index (χ4v) is 2.50. The molecule has 0 radical (unpaired) electrons. The van der Waals surface area contributed by atoms with Gasteiger partial charge in [-0.2, -0.15) is 4.98 Å². The Morgan fingerprint density at radius 1 is 1.40 bits per heavy atom. The molecule has 1 aliphatic rings. The van der Waals surface area contributed by atoms with E-state index >= 15 is 0 Å². The fourth-order valence-electron chi connectivity index (χ4n) is 2.50. The summed E-state index contributed by atoms with van der Waals surface area (Å²) in [7, 11) is 0. The number of carbonyl (C=O) groups excluding carboxylic acids is 1. The Bertz CT molecular complexity index is 433. The lowest BCUT2D eigenvalue weighted by atomic mass is 9.92. The van der Waals surface area contributed by atoms with Gasteiger partial charge in [-0.15, -0.1) is 0 Å². The Morgan fingerprint density at radius 2 is 2.20 bits per heavy atom. The maximum Gasteiger partial charge on any atom is 0.227 e. The van der Waals surface area contributed by atoms with Gasteiger partial charge in [0.25, 0.3) is 0 Å². The first kappa shape index (κ1) is 15.0. The molecule has 1 aliphatic carbocycles. The van der Waals surface area contributed by atoms with Gasteiger partial charge in [0.15, 0.2) is 5.82 Å². The number of nitrogens with zero attached hydrogens (tertiary/aromatic N) is 2. The minimum absolute atomic E-state index is 0.0637. The van der Waals surface area contributed by atoms with E-state index in [1.807, 2.05) is 0 Å². The zero-order valence-corrected chi connectivity index (χ0v) is 12.0. The molecule has 2 atom stereocenters. The molecule has 1 fully saturated rings. The van der Waals surface area contributed by atoms with E-state index in [-0.39, 0.29) is 11.9 Å². The first-order valence-electron chi connectivity index (χ1n) is 7.48. The van der Waals surface area contributed by atoms with Gasteiger partial charge in [0.2, 0.25) is 11.8 Å². The van der Waals surface area contributed by atoms with Gasteiger partial charge in [-0.1, -0.05) is 24.9 Å². The minimum atomic E-state index is -0.410.